The fraction of sp³-hybridized carbons (Fsp3) is 0.429. The van der Waals surface area contributed by atoms with E-state index in [1.807, 2.05) is 31.2 Å². The summed E-state index contributed by atoms with van der Waals surface area (Å²) in [5, 5.41) is 6.81. The second-order valence-electron chi connectivity index (χ2n) is 7.01. The second kappa shape index (κ2) is 8.29. The number of ether oxygens (including phenoxy) is 2. The number of nitrogens with zero attached hydrogens (tertiary/aromatic N) is 2. The molecule has 0 atom stereocenters. The third-order valence-corrected chi connectivity index (χ3v) is 4.89. The Labute approximate surface area is 160 Å². The lowest BCUT2D eigenvalue weighted by Gasteiger charge is -2.14. The summed E-state index contributed by atoms with van der Waals surface area (Å²) in [7, 11) is 0. The smallest absolute Gasteiger partial charge is 0.231 e. The summed E-state index contributed by atoms with van der Waals surface area (Å²) in [5.41, 5.74) is 2.69. The zero-order valence-corrected chi connectivity index (χ0v) is 15.8. The van der Waals surface area contributed by atoms with Crippen molar-refractivity contribution in [3.05, 3.63) is 47.3 Å². The highest BCUT2D eigenvalue weighted by Crippen LogP contribution is 2.32. The Bertz CT molecular complexity index is 835. The number of aromatic nitrogens is 2. The van der Waals surface area contributed by atoms with Gasteiger partial charge in [-0.1, -0.05) is 17.7 Å². The lowest BCUT2D eigenvalue weighted by Crippen LogP contribution is -2.09. The van der Waals surface area contributed by atoms with Crippen LogP contribution in [0.15, 0.2) is 35.9 Å². The molecule has 1 aliphatic carbocycles. The van der Waals surface area contributed by atoms with E-state index in [0.29, 0.717) is 13.3 Å². The minimum Gasteiger partial charge on any atom is -0.454 e. The van der Waals surface area contributed by atoms with Crippen molar-refractivity contribution in [1.82, 2.24) is 9.97 Å². The Balaban J connectivity index is 1.33. The SMILES string of the molecule is Cc1nc(NCCC2=CCCCC2)cc(NCc2ccc3c(c2)OCO3)n1. The fourth-order valence-electron chi connectivity index (χ4n) is 3.48. The predicted octanol–water partition coefficient (Wildman–Crippen LogP) is 4.43. The first-order chi connectivity index (χ1) is 13.3. The quantitative estimate of drug-likeness (QED) is 0.707. The minimum atomic E-state index is 0.295. The lowest BCUT2D eigenvalue weighted by molar-refractivity contribution is 0.174. The topological polar surface area (TPSA) is 68.3 Å². The van der Waals surface area contributed by atoms with Crippen molar-refractivity contribution < 1.29 is 9.47 Å². The van der Waals surface area contributed by atoms with Gasteiger partial charge in [0.2, 0.25) is 6.79 Å². The van der Waals surface area contributed by atoms with Gasteiger partial charge in [-0.2, -0.15) is 0 Å². The van der Waals surface area contributed by atoms with Crippen LogP contribution in [-0.2, 0) is 6.54 Å². The molecule has 142 valence electrons. The summed E-state index contributed by atoms with van der Waals surface area (Å²) in [6, 6.07) is 7.94. The largest absolute Gasteiger partial charge is 0.454 e. The lowest BCUT2D eigenvalue weighted by atomic mass is 9.97. The van der Waals surface area contributed by atoms with Crippen molar-refractivity contribution >= 4 is 11.6 Å². The number of benzene rings is 1. The standard InChI is InChI=1S/C21H26N4O2/c1-15-24-20(22-10-9-16-5-3-2-4-6-16)12-21(25-15)23-13-17-7-8-18-19(11-17)27-14-26-18/h5,7-8,11-12H,2-4,6,9-10,13-14H2,1H3,(H2,22,23,24,25). The molecule has 0 radical (unpaired) electrons. The van der Waals surface area contributed by atoms with Gasteiger partial charge in [-0.15, -0.1) is 0 Å². The molecule has 27 heavy (non-hydrogen) atoms. The predicted molar refractivity (Wildman–Crippen MR) is 106 cm³/mol. The minimum absolute atomic E-state index is 0.295. The fourth-order valence-corrected chi connectivity index (χ4v) is 3.48. The summed E-state index contributed by atoms with van der Waals surface area (Å²) >= 11 is 0. The molecule has 0 saturated carbocycles. The van der Waals surface area contributed by atoms with E-state index in [9.17, 15) is 0 Å². The molecule has 0 amide bonds. The van der Waals surface area contributed by atoms with Crippen LogP contribution in [0.2, 0.25) is 0 Å². The number of hydrogen-bond donors (Lipinski definition) is 2. The van der Waals surface area contributed by atoms with Gasteiger partial charge >= 0.3 is 0 Å². The van der Waals surface area contributed by atoms with Crippen LogP contribution in [0.1, 0.15) is 43.5 Å². The summed E-state index contributed by atoms with van der Waals surface area (Å²) in [5.74, 6) is 4.04. The number of aryl methyl sites for hydroxylation is 1. The van der Waals surface area contributed by atoms with E-state index < -0.39 is 0 Å². The summed E-state index contributed by atoms with van der Waals surface area (Å²) in [6.07, 6.45) is 8.62. The van der Waals surface area contributed by atoms with E-state index in [1.54, 1.807) is 5.57 Å². The van der Waals surface area contributed by atoms with Crippen LogP contribution >= 0.6 is 0 Å². The Morgan fingerprint density at radius 1 is 1.00 bits per heavy atom. The van der Waals surface area contributed by atoms with Crippen molar-refractivity contribution in [2.45, 2.75) is 45.6 Å². The average molecular weight is 366 g/mol. The van der Waals surface area contributed by atoms with Gasteiger partial charge in [0.25, 0.3) is 0 Å². The van der Waals surface area contributed by atoms with Crippen LogP contribution < -0.4 is 20.1 Å². The Hall–Kier alpha value is -2.76. The summed E-state index contributed by atoms with van der Waals surface area (Å²) in [6.45, 7) is 3.78. The molecule has 1 aromatic heterocycles. The molecule has 0 unspecified atom stereocenters. The number of fused-ring (bicyclic) bond motifs is 1. The summed E-state index contributed by atoms with van der Waals surface area (Å²) < 4.78 is 10.8. The van der Waals surface area contributed by atoms with E-state index >= 15 is 0 Å². The number of allylic oxidation sites excluding steroid dienone is 1. The van der Waals surface area contributed by atoms with E-state index in [-0.39, 0.29) is 0 Å². The molecular weight excluding hydrogens is 340 g/mol. The van der Waals surface area contributed by atoms with Crippen LogP contribution in [0.3, 0.4) is 0 Å². The molecule has 6 heteroatoms. The van der Waals surface area contributed by atoms with Crippen LogP contribution in [0.5, 0.6) is 11.5 Å². The molecule has 2 heterocycles. The van der Waals surface area contributed by atoms with Gasteiger partial charge in [-0.3, -0.25) is 0 Å². The van der Waals surface area contributed by atoms with Gasteiger partial charge in [-0.25, -0.2) is 9.97 Å². The molecule has 0 saturated heterocycles. The van der Waals surface area contributed by atoms with Gasteiger partial charge < -0.3 is 20.1 Å². The number of nitrogens with one attached hydrogen (secondary N) is 2. The molecule has 1 aromatic carbocycles. The van der Waals surface area contributed by atoms with Crippen molar-refractivity contribution in [3.8, 4) is 11.5 Å². The normalized spacial score (nSPS) is 15.4. The highest BCUT2D eigenvalue weighted by molar-refractivity contribution is 5.49. The molecule has 0 fully saturated rings. The molecule has 2 aromatic rings. The third kappa shape index (κ3) is 4.70. The first-order valence-corrected chi connectivity index (χ1v) is 9.66. The zero-order chi connectivity index (χ0) is 18.5. The Morgan fingerprint density at radius 3 is 2.70 bits per heavy atom. The van der Waals surface area contributed by atoms with Crippen LogP contribution in [-0.4, -0.2) is 23.3 Å². The monoisotopic (exact) mass is 366 g/mol. The van der Waals surface area contributed by atoms with Gasteiger partial charge in [0.15, 0.2) is 11.5 Å². The molecule has 6 nitrogen and oxygen atoms in total. The first kappa shape index (κ1) is 17.6. The summed E-state index contributed by atoms with van der Waals surface area (Å²) in [4.78, 5) is 8.99. The third-order valence-electron chi connectivity index (χ3n) is 4.89. The van der Waals surface area contributed by atoms with Crippen molar-refractivity contribution in [3.63, 3.8) is 0 Å². The van der Waals surface area contributed by atoms with Gasteiger partial charge in [0.05, 0.1) is 0 Å². The highest BCUT2D eigenvalue weighted by Gasteiger charge is 2.13. The first-order valence-electron chi connectivity index (χ1n) is 9.66. The Morgan fingerprint density at radius 2 is 1.85 bits per heavy atom. The number of anilines is 2. The van der Waals surface area contributed by atoms with E-state index in [0.717, 1.165) is 47.5 Å². The highest BCUT2D eigenvalue weighted by atomic mass is 16.7. The number of rotatable bonds is 7. The molecule has 2 aliphatic rings. The van der Waals surface area contributed by atoms with Gasteiger partial charge in [0, 0.05) is 19.2 Å². The maximum absolute atomic E-state index is 5.43. The molecule has 4 rings (SSSR count). The Kier molecular flexibility index (Phi) is 5.42. The van der Waals surface area contributed by atoms with Crippen LogP contribution in [0.25, 0.3) is 0 Å². The van der Waals surface area contributed by atoms with Crippen LogP contribution in [0.4, 0.5) is 11.6 Å². The van der Waals surface area contributed by atoms with Gasteiger partial charge in [-0.05, 0) is 56.7 Å². The second-order valence-corrected chi connectivity index (χ2v) is 7.01. The molecule has 1 aliphatic heterocycles. The van der Waals surface area contributed by atoms with Crippen molar-refractivity contribution in [2.75, 3.05) is 24.0 Å². The molecule has 0 bridgehead atoms. The molecule has 2 N–H and O–H groups in total. The van der Waals surface area contributed by atoms with E-state index in [2.05, 4.69) is 26.7 Å². The van der Waals surface area contributed by atoms with Crippen molar-refractivity contribution in [1.29, 1.82) is 0 Å². The maximum Gasteiger partial charge on any atom is 0.231 e. The average Bonchev–Trinajstić information content (AvgIpc) is 3.15. The van der Waals surface area contributed by atoms with Crippen LogP contribution in [0, 0.1) is 6.92 Å². The molecule has 0 spiro atoms. The zero-order valence-electron chi connectivity index (χ0n) is 15.8. The van der Waals surface area contributed by atoms with Gasteiger partial charge in [0.1, 0.15) is 17.5 Å². The van der Waals surface area contributed by atoms with E-state index in [4.69, 9.17) is 9.47 Å². The maximum atomic E-state index is 5.43. The van der Waals surface area contributed by atoms with Crippen molar-refractivity contribution in [2.24, 2.45) is 0 Å². The number of hydrogen-bond acceptors (Lipinski definition) is 6. The molecular formula is C21H26N4O2. The van der Waals surface area contributed by atoms with E-state index in [1.165, 1.54) is 25.7 Å².